The number of aliphatic hydroxyl groups excluding tert-OH is 3. The normalized spacial score (nSPS) is 26.2. The summed E-state index contributed by atoms with van der Waals surface area (Å²) >= 11 is 0. The first-order chi connectivity index (χ1) is 7.65. The van der Waals surface area contributed by atoms with Gasteiger partial charge >= 0.3 is 0 Å². The van der Waals surface area contributed by atoms with Gasteiger partial charge in [0.2, 0.25) is 0 Å². The Morgan fingerprint density at radius 3 is 2.31 bits per heavy atom. The number of hydrogen-bond donors (Lipinski definition) is 4. The van der Waals surface area contributed by atoms with Crippen molar-refractivity contribution in [2.45, 2.75) is 26.2 Å². The average Bonchev–Trinajstić information content (AvgIpc) is 2.76. The summed E-state index contributed by atoms with van der Waals surface area (Å²) in [5.41, 5.74) is -0.437. The maximum atomic E-state index is 9.18. The molecular weight excluding hydrogens is 206 g/mol. The molecule has 2 atom stereocenters. The van der Waals surface area contributed by atoms with Gasteiger partial charge in [0.05, 0.1) is 13.2 Å². The lowest BCUT2D eigenvalue weighted by Gasteiger charge is -2.26. The third-order valence-corrected chi connectivity index (χ3v) is 3.77. The second-order valence-corrected chi connectivity index (χ2v) is 5.39. The third kappa shape index (κ3) is 3.70. The minimum atomic E-state index is -0.437. The van der Waals surface area contributed by atoms with E-state index in [-0.39, 0.29) is 19.8 Å². The lowest BCUT2D eigenvalue weighted by Crippen LogP contribution is -2.40. The molecule has 0 saturated heterocycles. The third-order valence-electron chi connectivity index (χ3n) is 3.77. The first kappa shape index (κ1) is 13.9. The predicted octanol–water partition coefficient (Wildman–Crippen LogP) is -0.0245. The molecule has 0 radical (unpaired) electrons. The highest BCUT2D eigenvalue weighted by Crippen LogP contribution is 2.30. The summed E-state index contributed by atoms with van der Waals surface area (Å²) in [4.78, 5) is 0. The fourth-order valence-electron chi connectivity index (χ4n) is 2.34. The van der Waals surface area contributed by atoms with Gasteiger partial charge < -0.3 is 20.6 Å². The molecule has 0 aromatic rings. The second kappa shape index (κ2) is 6.55. The Kier molecular flexibility index (Phi) is 5.69. The van der Waals surface area contributed by atoms with Crippen LogP contribution in [0.25, 0.3) is 0 Å². The monoisotopic (exact) mass is 231 g/mol. The van der Waals surface area contributed by atoms with Crippen molar-refractivity contribution in [3.63, 3.8) is 0 Å². The summed E-state index contributed by atoms with van der Waals surface area (Å²) in [6, 6.07) is 0. The first-order valence-corrected chi connectivity index (χ1v) is 6.18. The van der Waals surface area contributed by atoms with Crippen LogP contribution in [0.15, 0.2) is 0 Å². The van der Waals surface area contributed by atoms with Crippen LogP contribution in [0.2, 0.25) is 0 Å². The molecule has 1 saturated carbocycles. The molecule has 0 aromatic carbocycles. The van der Waals surface area contributed by atoms with E-state index >= 15 is 0 Å². The van der Waals surface area contributed by atoms with E-state index in [2.05, 4.69) is 5.32 Å². The van der Waals surface area contributed by atoms with Crippen LogP contribution in [0, 0.1) is 17.3 Å². The van der Waals surface area contributed by atoms with Crippen molar-refractivity contribution >= 4 is 0 Å². The molecule has 16 heavy (non-hydrogen) atoms. The Bertz CT molecular complexity index is 195. The molecule has 96 valence electrons. The van der Waals surface area contributed by atoms with Gasteiger partial charge in [-0.15, -0.1) is 0 Å². The molecule has 0 heterocycles. The van der Waals surface area contributed by atoms with E-state index in [0.29, 0.717) is 18.4 Å². The van der Waals surface area contributed by atoms with Gasteiger partial charge in [-0.3, -0.25) is 0 Å². The molecule has 1 fully saturated rings. The Hall–Kier alpha value is -0.160. The lowest BCUT2D eigenvalue weighted by atomic mass is 9.92. The quantitative estimate of drug-likeness (QED) is 0.497. The molecule has 4 heteroatoms. The highest BCUT2D eigenvalue weighted by atomic mass is 16.3. The Morgan fingerprint density at radius 2 is 1.75 bits per heavy atom. The standard InChI is InChI=1S/C12H25NO3/c1-12(8-15,9-16)7-13-5-10-3-2-4-11(10)6-14/h10-11,13-16H,2-9H2,1H3. The summed E-state index contributed by atoms with van der Waals surface area (Å²) in [5.74, 6) is 0.980. The molecule has 0 bridgehead atoms. The maximum absolute atomic E-state index is 9.18. The van der Waals surface area contributed by atoms with E-state index in [4.69, 9.17) is 10.2 Å². The molecular formula is C12H25NO3. The highest BCUT2D eigenvalue weighted by molar-refractivity contribution is 4.81. The summed E-state index contributed by atoms with van der Waals surface area (Å²) in [6.07, 6.45) is 3.50. The van der Waals surface area contributed by atoms with E-state index in [1.807, 2.05) is 6.92 Å². The zero-order chi connectivity index (χ0) is 12.0. The Balaban J connectivity index is 2.24. The van der Waals surface area contributed by atoms with Crippen molar-refractivity contribution in [1.82, 2.24) is 5.32 Å². The van der Waals surface area contributed by atoms with Crippen LogP contribution in [0.4, 0.5) is 0 Å². The summed E-state index contributed by atoms with van der Waals surface area (Å²) in [5, 5.41) is 30.8. The fraction of sp³-hybridized carbons (Fsp3) is 1.00. The van der Waals surface area contributed by atoms with Crippen molar-refractivity contribution in [2.24, 2.45) is 17.3 Å². The van der Waals surface area contributed by atoms with Crippen molar-refractivity contribution in [3.05, 3.63) is 0 Å². The molecule has 1 aliphatic rings. The van der Waals surface area contributed by atoms with Gasteiger partial charge in [0.15, 0.2) is 0 Å². The summed E-state index contributed by atoms with van der Waals surface area (Å²) < 4.78 is 0. The number of hydrogen-bond acceptors (Lipinski definition) is 4. The van der Waals surface area contributed by atoms with Crippen LogP contribution in [-0.4, -0.2) is 48.2 Å². The highest BCUT2D eigenvalue weighted by Gasteiger charge is 2.27. The van der Waals surface area contributed by atoms with E-state index in [9.17, 15) is 5.11 Å². The van der Waals surface area contributed by atoms with Gasteiger partial charge in [-0.1, -0.05) is 13.3 Å². The number of nitrogens with one attached hydrogen (secondary N) is 1. The topological polar surface area (TPSA) is 72.7 Å². The fourth-order valence-corrected chi connectivity index (χ4v) is 2.34. The van der Waals surface area contributed by atoms with Crippen LogP contribution in [-0.2, 0) is 0 Å². The predicted molar refractivity (Wildman–Crippen MR) is 63.1 cm³/mol. The Labute approximate surface area is 97.7 Å². The zero-order valence-electron chi connectivity index (χ0n) is 10.2. The van der Waals surface area contributed by atoms with Gasteiger partial charge in [-0.05, 0) is 31.2 Å². The van der Waals surface area contributed by atoms with Crippen LogP contribution in [0.5, 0.6) is 0 Å². The summed E-state index contributed by atoms with van der Waals surface area (Å²) in [6.45, 7) is 3.62. The lowest BCUT2D eigenvalue weighted by molar-refractivity contribution is 0.0679. The molecule has 4 N–H and O–H groups in total. The average molecular weight is 231 g/mol. The number of aliphatic hydroxyl groups is 3. The van der Waals surface area contributed by atoms with Crippen LogP contribution in [0.3, 0.4) is 0 Å². The van der Waals surface area contributed by atoms with Crippen molar-refractivity contribution in [3.8, 4) is 0 Å². The minimum absolute atomic E-state index is 0.00933. The molecule has 0 amide bonds. The van der Waals surface area contributed by atoms with Gasteiger partial charge in [-0.25, -0.2) is 0 Å². The van der Waals surface area contributed by atoms with Crippen LogP contribution in [0.1, 0.15) is 26.2 Å². The maximum Gasteiger partial charge on any atom is 0.0518 e. The first-order valence-electron chi connectivity index (χ1n) is 6.18. The SMILES string of the molecule is CC(CO)(CO)CNCC1CCCC1CO. The zero-order valence-corrected chi connectivity index (χ0v) is 10.2. The van der Waals surface area contributed by atoms with Crippen molar-refractivity contribution in [2.75, 3.05) is 32.9 Å². The minimum Gasteiger partial charge on any atom is -0.396 e. The molecule has 0 aromatic heterocycles. The van der Waals surface area contributed by atoms with Gasteiger partial charge in [0, 0.05) is 18.6 Å². The molecule has 2 unspecified atom stereocenters. The van der Waals surface area contributed by atoms with E-state index in [1.54, 1.807) is 0 Å². The summed E-state index contributed by atoms with van der Waals surface area (Å²) in [7, 11) is 0. The van der Waals surface area contributed by atoms with Crippen LogP contribution >= 0.6 is 0 Å². The number of rotatable bonds is 7. The van der Waals surface area contributed by atoms with Crippen molar-refractivity contribution in [1.29, 1.82) is 0 Å². The van der Waals surface area contributed by atoms with Gasteiger partial charge in [0.1, 0.15) is 0 Å². The van der Waals surface area contributed by atoms with Gasteiger partial charge in [0.25, 0.3) is 0 Å². The molecule has 4 nitrogen and oxygen atoms in total. The largest absolute Gasteiger partial charge is 0.396 e. The molecule has 1 aliphatic carbocycles. The van der Waals surface area contributed by atoms with Crippen LogP contribution < -0.4 is 5.32 Å². The smallest absolute Gasteiger partial charge is 0.0518 e. The van der Waals surface area contributed by atoms with Gasteiger partial charge in [-0.2, -0.15) is 0 Å². The molecule has 0 aliphatic heterocycles. The molecule has 0 spiro atoms. The molecule has 1 rings (SSSR count). The van der Waals surface area contributed by atoms with Crippen molar-refractivity contribution < 1.29 is 15.3 Å². The van der Waals surface area contributed by atoms with E-state index in [0.717, 1.165) is 13.0 Å². The van der Waals surface area contributed by atoms with E-state index in [1.165, 1.54) is 12.8 Å². The second-order valence-electron chi connectivity index (χ2n) is 5.39. The Morgan fingerprint density at radius 1 is 1.12 bits per heavy atom. The van der Waals surface area contributed by atoms with E-state index < -0.39 is 5.41 Å².